The van der Waals surface area contributed by atoms with E-state index in [-0.39, 0.29) is 0 Å². The van der Waals surface area contributed by atoms with Crippen molar-refractivity contribution in [2.75, 3.05) is 0 Å². The molecule has 0 atom stereocenters. The van der Waals surface area contributed by atoms with Crippen LogP contribution in [0.5, 0.6) is 0 Å². The summed E-state index contributed by atoms with van der Waals surface area (Å²) in [6.45, 7) is 0. The summed E-state index contributed by atoms with van der Waals surface area (Å²) in [4.78, 5) is 0. The zero-order valence-electron chi connectivity index (χ0n) is 43.4. The van der Waals surface area contributed by atoms with Crippen molar-refractivity contribution in [3.63, 3.8) is 0 Å². The SMILES string of the molecule is c1ccc(-c2ccccc2-c2c3ccccc3c(-c3ccc4c(c3)oc3cc5ccccc5cc34)c3ccc(-c4ccc5c(-c6ccc7c(c6)oc6cc8ccccc8cc67)c6ccccc6c(-c6ccccc6)c5c4)cc23)cc1. The molecule has 80 heavy (non-hydrogen) atoms. The van der Waals surface area contributed by atoms with Crippen LogP contribution < -0.4 is 0 Å². The van der Waals surface area contributed by atoms with Crippen LogP contribution in [-0.2, 0) is 0 Å². The standard InChI is InChI=1S/C78H46O2/c1-3-17-47(18-4-1)57-25-11-12-26-60(57)78-64-30-16-15-29-63(64)77(56-34-36-59-68-40-50-22-8-10-24-52(50)44-74(68)80-72(59)46-56)66-38-32-54(42-70(66)78)53-31-37-65-69(41-53)75(48-19-5-2-6-20-48)61-27-13-14-28-62(61)76(65)55-33-35-58-67-39-49-21-7-9-23-51(49)43-73(67)79-71(58)45-55/h1-46H. The molecule has 0 N–H and O–H groups in total. The zero-order chi connectivity index (χ0) is 52.4. The molecule has 0 saturated carbocycles. The van der Waals surface area contributed by atoms with Gasteiger partial charge in [0.1, 0.15) is 22.3 Å². The van der Waals surface area contributed by atoms with Gasteiger partial charge in [0.25, 0.3) is 0 Å². The van der Waals surface area contributed by atoms with Crippen LogP contribution in [0.2, 0.25) is 0 Å². The third-order valence-corrected chi connectivity index (χ3v) is 17.0. The van der Waals surface area contributed by atoms with Crippen molar-refractivity contribution in [1.29, 1.82) is 0 Å². The molecule has 0 unspecified atom stereocenters. The molecule has 0 radical (unpaired) electrons. The van der Waals surface area contributed by atoms with E-state index in [9.17, 15) is 0 Å². The van der Waals surface area contributed by atoms with Gasteiger partial charge in [-0.1, -0.05) is 218 Å². The number of fused-ring (bicyclic) bond motifs is 12. The van der Waals surface area contributed by atoms with E-state index >= 15 is 0 Å². The van der Waals surface area contributed by atoms with Gasteiger partial charge < -0.3 is 8.83 Å². The third kappa shape index (κ3) is 6.86. The minimum absolute atomic E-state index is 0.878. The van der Waals surface area contributed by atoms with Crippen LogP contribution >= 0.6 is 0 Å². The normalized spacial score (nSPS) is 12.0. The predicted molar refractivity (Wildman–Crippen MR) is 339 cm³/mol. The lowest BCUT2D eigenvalue weighted by Gasteiger charge is -2.21. The fraction of sp³-hybridized carbons (Fsp3) is 0. The lowest BCUT2D eigenvalue weighted by molar-refractivity contribution is 0.669. The minimum Gasteiger partial charge on any atom is -0.456 e. The number of furan rings is 2. The number of hydrogen-bond donors (Lipinski definition) is 0. The Morgan fingerprint density at radius 1 is 0.163 bits per heavy atom. The second-order valence-electron chi connectivity index (χ2n) is 21.4. The first-order chi connectivity index (χ1) is 39.6. The summed E-state index contributed by atoms with van der Waals surface area (Å²) in [5.41, 5.74) is 17.7. The van der Waals surface area contributed by atoms with Gasteiger partial charge in [-0.3, -0.25) is 0 Å². The Bertz CT molecular complexity index is 5410. The first-order valence-corrected chi connectivity index (χ1v) is 27.5. The summed E-state index contributed by atoms with van der Waals surface area (Å²) in [7, 11) is 0. The van der Waals surface area contributed by atoms with Gasteiger partial charge in [0.2, 0.25) is 0 Å². The summed E-state index contributed by atoms with van der Waals surface area (Å²) in [6.07, 6.45) is 0. The maximum Gasteiger partial charge on any atom is 0.136 e. The molecule has 2 aromatic heterocycles. The van der Waals surface area contributed by atoms with Gasteiger partial charge in [0.05, 0.1) is 0 Å². The van der Waals surface area contributed by atoms with Crippen molar-refractivity contribution in [3.05, 3.63) is 279 Å². The Hall–Kier alpha value is -10.5. The van der Waals surface area contributed by atoms with Gasteiger partial charge in [-0.25, -0.2) is 0 Å². The first-order valence-electron chi connectivity index (χ1n) is 27.5. The van der Waals surface area contributed by atoms with Crippen molar-refractivity contribution in [2.24, 2.45) is 0 Å². The number of rotatable bonds is 6. The first kappa shape index (κ1) is 44.6. The average Bonchev–Trinajstić information content (AvgIpc) is 4.12. The molecule has 2 heterocycles. The van der Waals surface area contributed by atoms with Crippen molar-refractivity contribution in [1.82, 2.24) is 0 Å². The fourth-order valence-corrected chi connectivity index (χ4v) is 13.3. The Morgan fingerprint density at radius 2 is 0.500 bits per heavy atom. The molecule has 0 aliphatic heterocycles. The lowest BCUT2D eigenvalue weighted by atomic mass is 9.82. The van der Waals surface area contributed by atoms with Crippen molar-refractivity contribution in [3.8, 4) is 66.8 Å². The van der Waals surface area contributed by atoms with Crippen molar-refractivity contribution < 1.29 is 8.83 Å². The highest BCUT2D eigenvalue weighted by Gasteiger charge is 2.23. The summed E-state index contributed by atoms with van der Waals surface area (Å²) in [5.74, 6) is 0. The summed E-state index contributed by atoms with van der Waals surface area (Å²) in [5, 5.41) is 18.8. The highest BCUT2D eigenvalue weighted by atomic mass is 16.3. The number of hydrogen-bond acceptors (Lipinski definition) is 2. The van der Waals surface area contributed by atoms with E-state index in [1.54, 1.807) is 0 Å². The van der Waals surface area contributed by atoms with Gasteiger partial charge in [-0.05, 0) is 192 Å². The van der Waals surface area contributed by atoms with Crippen LogP contribution in [0.15, 0.2) is 288 Å². The molecule has 370 valence electrons. The molecule has 15 aromatic carbocycles. The molecule has 0 saturated heterocycles. The third-order valence-electron chi connectivity index (χ3n) is 17.0. The Morgan fingerprint density at radius 3 is 1.00 bits per heavy atom. The van der Waals surface area contributed by atoms with Crippen LogP contribution in [0.25, 0.3) is 175 Å². The lowest BCUT2D eigenvalue weighted by Crippen LogP contribution is -1.94. The number of benzene rings is 15. The second-order valence-corrected chi connectivity index (χ2v) is 21.4. The molecule has 0 amide bonds. The van der Waals surface area contributed by atoms with Crippen LogP contribution in [0.3, 0.4) is 0 Å². The van der Waals surface area contributed by atoms with E-state index in [4.69, 9.17) is 8.83 Å². The van der Waals surface area contributed by atoms with E-state index in [2.05, 4.69) is 279 Å². The molecule has 2 heteroatoms. The van der Waals surface area contributed by atoms with E-state index in [0.717, 1.165) is 66.1 Å². The van der Waals surface area contributed by atoms with Gasteiger partial charge in [-0.2, -0.15) is 0 Å². The maximum absolute atomic E-state index is 6.76. The molecule has 0 spiro atoms. The molecule has 2 nitrogen and oxygen atoms in total. The summed E-state index contributed by atoms with van der Waals surface area (Å²) < 4.78 is 13.5. The molecular formula is C78H46O2. The topological polar surface area (TPSA) is 26.3 Å². The maximum atomic E-state index is 6.76. The van der Waals surface area contributed by atoms with E-state index in [1.807, 2.05) is 0 Å². The molecule has 17 aromatic rings. The Labute approximate surface area is 460 Å². The van der Waals surface area contributed by atoms with E-state index in [0.29, 0.717) is 0 Å². The van der Waals surface area contributed by atoms with Crippen LogP contribution in [-0.4, -0.2) is 0 Å². The van der Waals surface area contributed by atoms with Gasteiger partial charge in [-0.15, -0.1) is 0 Å². The molecule has 0 fully saturated rings. The smallest absolute Gasteiger partial charge is 0.136 e. The van der Waals surface area contributed by atoms with Crippen LogP contribution in [0.4, 0.5) is 0 Å². The molecule has 0 aliphatic rings. The monoisotopic (exact) mass is 1010 g/mol. The largest absolute Gasteiger partial charge is 0.456 e. The quantitative estimate of drug-likeness (QED) is 0.155. The van der Waals surface area contributed by atoms with Gasteiger partial charge in [0.15, 0.2) is 0 Å². The van der Waals surface area contributed by atoms with Gasteiger partial charge >= 0.3 is 0 Å². The molecule has 0 bridgehead atoms. The zero-order valence-corrected chi connectivity index (χ0v) is 43.4. The van der Waals surface area contributed by atoms with Crippen molar-refractivity contribution >= 4 is 109 Å². The fourth-order valence-electron chi connectivity index (χ4n) is 13.3. The highest BCUT2D eigenvalue weighted by Crippen LogP contribution is 2.50. The van der Waals surface area contributed by atoms with E-state index in [1.165, 1.54) is 109 Å². The van der Waals surface area contributed by atoms with E-state index < -0.39 is 0 Å². The minimum atomic E-state index is 0.878. The molecule has 17 rings (SSSR count). The average molecular weight is 1020 g/mol. The Kier molecular flexibility index (Phi) is 9.75. The molecule has 0 aliphatic carbocycles. The Balaban J connectivity index is 0.918. The highest BCUT2D eigenvalue weighted by molar-refractivity contribution is 6.25. The summed E-state index contributed by atoms with van der Waals surface area (Å²) in [6, 6.07) is 102. The van der Waals surface area contributed by atoms with Crippen LogP contribution in [0.1, 0.15) is 0 Å². The summed E-state index contributed by atoms with van der Waals surface area (Å²) >= 11 is 0. The molecular weight excluding hydrogens is 969 g/mol. The van der Waals surface area contributed by atoms with Gasteiger partial charge in [0, 0.05) is 21.5 Å². The predicted octanol–water partition coefficient (Wildman–Crippen LogP) is 22.4. The van der Waals surface area contributed by atoms with Crippen LogP contribution in [0, 0.1) is 0 Å². The second kappa shape index (κ2) is 17.5. The van der Waals surface area contributed by atoms with Crippen molar-refractivity contribution in [2.45, 2.75) is 0 Å².